The van der Waals surface area contributed by atoms with Gasteiger partial charge in [0.2, 0.25) is 0 Å². The monoisotopic (exact) mass is 281 g/mol. The molecule has 0 spiro atoms. The Hall–Kier alpha value is -0.840. The first-order valence-electron chi connectivity index (χ1n) is 7.34. The highest BCUT2D eigenvalue weighted by molar-refractivity contribution is 5.12. The first kappa shape index (κ1) is 15.5. The number of furan rings is 1. The van der Waals surface area contributed by atoms with Crippen molar-refractivity contribution in [3.05, 3.63) is 24.2 Å². The summed E-state index contributed by atoms with van der Waals surface area (Å²) in [5.74, 6) is 1.46. The van der Waals surface area contributed by atoms with Crippen molar-refractivity contribution in [2.45, 2.75) is 40.4 Å². The Balaban J connectivity index is 1.56. The molecule has 0 aromatic carbocycles. The zero-order chi connectivity index (χ0) is 14.8. The largest absolute Gasteiger partial charge is 0.467 e. The summed E-state index contributed by atoms with van der Waals surface area (Å²) in [5, 5.41) is 13.2. The number of aliphatic hydroxyl groups excluding tert-OH is 1. The SMILES string of the molecule is CC1(C)C(CNCC(O)COCc2ccco2)C1(C)C. The number of aliphatic hydroxyl groups is 1. The topological polar surface area (TPSA) is 54.6 Å². The third-order valence-electron chi connectivity index (χ3n) is 5.18. The molecule has 1 atom stereocenters. The van der Waals surface area contributed by atoms with Gasteiger partial charge in [-0.15, -0.1) is 0 Å². The smallest absolute Gasteiger partial charge is 0.129 e. The lowest BCUT2D eigenvalue weighted by Crippen LogP contribution is -2.32. The van der Waals surface area contributed by atoms with Crippen molar-refractivity contribution >= 4 is 0 Å². The Bertz CT molecular complexity index is 397. The Kier molecular flexibility index (Phi) is 4.57. The molecule has 0 saturated heterocycles. The minimum Gasteiger partial charge on any atom is -0.467 e. The fourth-order valence-electron chi connectivity index (χ4n) is 2.99. The Morgan fingerprint density at radius 3 is 2.60 bits per heavy atom. The average Bonchev–Trinajstić information content (AvgIpc) is 2.79. The van der Waals surface area contributed by atoms with Crippen LogP contribution in [0, 0.1) is 16.7 Å². The summed E-state index contributed by atoms with van der Waals surface area (Å²) in [6.07, 6.45) is 1.14. The minimum absolute atomic E-state index is 0.325. The van der Waals surface area contributed by atoms with Crippen LogP contribution in [-0.4, -0.2) is 30.9 Å². The van der Waals surface area contributed by atoms with Crippen LogP contribution in [0.25, 0.3) is 0 Å². The highest BCUT2D eigenvalue weighted by Crippen LogP contribution is 2.67. The van der Waals surface area contributed by atoms with Crippen molar-refractivity contribution in [3.8, 4) is 0 Å². The minimum atomic E-state index is -0.477. The molecule has 4 nitrogen and oxygen atoms in total. The number of nitrogens with one attached hydrogen (secondary N) is 1. The molecule has 0 radical (unpaired) electrons. The molecule has 0 aliphatic heterocycles. The second-order valence-corrected chi connectivity index (χ2v) is 6.90. The molecule has 1 aliphatic rings. The van der Waals surface area contributed by atoms with Gasteiger partial charge in [-0.3, -0.25) is 0 Å². The van der Waals surface area contributed by atoms with Crippen LogP contribution in [-0.2, 0) is 11.3 Å². The molecule has 1 heterocycles. The van der Waals surface area contributed by atoms with E-state index in [-0.39, 0.29) is 0 Å². The summed E-state index contributed by atoms with van der Waals surface area (Å²) in [6.45, 7) is 11.5. The van der Waals surface area contributed by atoms with Gasteiger partial charge < -0.3 is 19.6 Å². The van der Waals surface area contributed by atoms with Crippen molar-refractivity contribution in [1.29, 1.82) is 0 Å². The van der Waals surface area contributed by atoms with Gasteiger partial charge in [-0.05, 0) is 35.4 Å². The Morgan fingerprint density at radius 2 is 2.05 bits per heavy atom. The molecular formula is C16H27NO3. The van der Waals surface area contributed by atoms with Crippen LogP contribution in [0.4, 0.5) is 0 Å². The molecule has 0 amide bonds. The van der Waals surface area contributed by atoms with Crippen LogP contribution in [0.15, 0.2) is 22.8 Å². The average molecular weight is 281 g/mol. The molecule has 20 heavy (non-hydrogen) atoms. The fraction of sp³-hybridized carbons (Fsp3) is 0.750. The second kappa shape index (κ2) is 5.88. The van der Waals surface area contributed by atoms with Crippen molar-refractivity contribution in [2.75, 3.05) is 19.7 Å². The van der Waals surface area contributed by atoms with Crippen LogP contribution in [0.1, 0.15) is 33.5 Å². The van der Waals surface area contributed by atoms with E-state index in [0.717, 1.165) is 12.3 Å². The molecule has 114 valence electrons. The zero-order valence-electron chi connectivity index (χ0n) is 13.0. The van der Waals surface area contributed by atoms with Crippen LogP contribution in [0.3, 0.4) is 0 Å². The summed E-state index contributed by atoms with van der Waals surface area (Å²) < 4.78 is 10.6. The van der Waals surface area contributed by atoms with Crippen LogP contribution < -0.4 is 5.32 Å². The molecule has 1 aliphatic carbocycles. The van der Waals surface area contributed by atoms with Gasteiger partial charge in [0.1, 0.15) is 12.4 Å². The number of hydrogen-bond acceptors (Lipinski definition) is 4. The summed E-state index contributed by atoms with van der Waals surface area (Å²) >= 11 is 0. The van der Waals surface area contributed by atoms with Gasteiger partial charge in [0, 0.05) is 6.54 Å². The van der Waals surface area contributed by atoms with E-state index >= 15 is 0 Å². The lowest BCUT2D eigenvalue weighted by molar-refractivity contribution is 0.0225. The number of hydrogen-bond donors (Lipinski definition) is 2. The summed E-state index contributed by atoms with van der Waals surface area (Å²) in [7, 11) is 0. The van der Waals surface area contributed by atoms with Gasteiger partial charge >= 0.3 is 0 Å². The van der Waals surface area contributed by atoms with Crippen LogP contribution >= 0.6 is 0 Å². The van der Waals surface area contributed by atoms with E-state index < -0.39 is 6.10 Å². The molecule has 1 saturated carbocycles. The van der Waals surface area contributed by atoms with Gasteiger partial charge in [-0.1, -0.05) is 27.7 Å². The van der Waals surface area contributed by atoms with Crippen molar-refractivity contribution in [3.63, 3.8) is 0 Å². The van der Waals surface area contributed by atoms with Crippen LogP contribution in [0.2, 0.25) is 0 Å². The van der Waals surface area contributed by atoms with Crippen molar-refractivity contribution in [1.82, 2.24) is 5.32 Å². The first-order chi connectivity index (χ1) is 9.35. The normalized spacial score (nSPS) is 21.9. The van der Waals surface area contributed by atoms with E-state index in [1.807, 2.05) is 12.1 Å². The van der Waals surface area contributed by atoms with E-state index in [4.69, 9.17) is 9.15 Å². The molecule has 4 heteroatoms. The molecule has 1 fully saturated rings. The molecule has 1 unspecified atom stereocenters. The zero-order valence-corrected chi connectivity index (χ0v) is 13.0. The van der Waals surface area contributed by atoms with Gasteiger partial charge in [0.25, 0.3) is 0 Å². The molecule has 2 N–H and O–H groups in total. The van der Waals surface area contributed by atoms with Crippen molar-refractivity contribution in [2.24, 2.45) is 16.7 Å². The van der Waals surface area contributed by atoms with Gasteiger partial charge in [-0.2, -0.15) is 0 Å². The predicted molar refractivity (Wildman–Crippen MR) is 78.3 cm³/mol. The molecule has 1 aromatic heterocycles. The quantitative estimate of drug-likeness (QED) is 0.768. The molecule has 1 aromatic rings. The van der Waals surface area contributed by atoms with Gasteiger partial charge in [-0.25, -0.2) is 0 Å². The summed E-state index contributed by atoms with van der Waals surface area (Å²) in [4.78, 5) is 0. The standard InChI is InChI=1S/C16H27NO3/c1-15(2)14(16(15,3)4)9-17-8-12(18)10-19-11-13-6-5-7-20-13/h5-7,12,14,17-18H,8-11H2,1-4H3. The van der Waals surface area contributed by atoms with E-state index in [2.05, 4.69) is 33.0 Å². The molecule has 2 rings (SSSR count). The second-order valence-electron chi connectivity index (χ2n) is 6.90. The van der Waals surface area contributed by atoms with E-state index in [1.54, 1.807) is 6.26 Å². The third-order valence-corrected chi connectivity index (χ3v) is 5.18. The Labute approximate surface area is 121 Å². The predicted octanol–water partition coefficient (Wildman–Crippen LogP) is 2.43. The summed E-state index contributed by atoms with van der Waals surface area (Å²) in [5.41, 5.74) is 0.779. The van der Waals surface area contributed by atoms with Gasteiger partial charge in [0.05, 0.1) is 19.0 Å². The van der Waals surface area contributed by atoms with E-state index in [9.17, 15) is 5.11 Å². The lowest BCUT2D eigenvalue weighted by atomic mass is 10.0. The maximum Gasteiger partial charge on any atom is 0.129 e. The maximum atomic E-state index is 9.85. The number of ether oxygens (including phenoxy) is 1. The van der Waals surface area contributed by atoms with Crippen molar-refractivity contribution < 1.29 is 14.3 Å². The van der Waals surface area contributed by atoms with Crippen LogP contribution in [0.5, 0.6) is 0 Å². The van der Waals surface area contributed by atoms with E-state index in [1.165, 1.54) is 0 Å². The van der Waals surface area contributed by atoms with Gasteiger partial charge in [0.15, 0.2) is 0 Å². The summed E-state index contributed by atoms with van der Waals surface area (Å²) in [6, 6.07) is 3.69. The van der Waals surface area contributed by atoms with E-state index in [0.29, 0.717) is 36.5 Å². The third kappa shape index (κ3) is 3.25. The molecular weight excluding hydrogens is 254 g/mol. The highest BCUT2D eigenvalue weighted by atomic mass is 16.5. The first-order valence-corrected chi connectivity index (χ1v) is 7.34. The Morgan fingerprint density at radius 1 is 1.35 bits per heavy atom. The highest BCUT2D eigenvalue weighted by Gasteiger charge is 2.63. The number of rotatable bonds is 8. The molecule has 0 bridgehead atoms. The maximum absolute atomic E-state index is 9.85. The fourth-order valence-corrected chi connectivity index (χ4v) is 2.99. The lowest BCUT2D eigenvalue weighted by Gasteiger charge is -2.12.